The van der Waals surface area contributed by atoms with Crippen molar-refractivity contribution in [2.75, 3.05) is 0 Å². The van der Waals surface area contributed by atoms with E-state index in [1.807, 2.05) is 39.8 Å². The first-order chi connectivity index (χ1) is 6.38. The normalized spacial score (nSPS) is 11.1. The molecule has 0 aliphatic heterocycles. The Labute approximate surface area is 90.3 Å². The van der Waals surface area contributed by atoms with Crippen LogP contribution in [0.15, 0.2) is 12.1 Å². The van der Waals surface area contributed by atoms with Crippen molar-refractivity contribution >= 4 is 11.6 Å². The molecule has 0 spiro atoms. The molecule has 0 unspecified atom stereocenters. The van der Waals surface area contributed by atoms with E-state index in [4.69, 9.17) is 16.9 Å². The van der Waals surface area contributed by atoms with Gasteiger partial charge in [0.25, 0.3) is 0 Å². The van der Waals surface area contributed by atoms with Gasteiger partial charge in [-0.2, -0.15) is 5.26 Å². The quantitative estimate of drug-likeness (QED) is 0.688. The summed E-state index contributed by atoms with van der Waals surface area (Å²) in [5.41, 5.74) is 2.73. The average molecular weight is 208 g/mol. The second-order valence-corrected chi connectivity index (χ2v) is 4.54. The lowest BCUT2D eigenvalue weighted by Gasteiger charge is -2.18. The molecule has 0 heterocycles. The minimum absolute atomic E-state index is 0.470. The zero-order valence-electron chi connectivity index (χ0n) is 8.98. The van der Waals surface area contributed by atoms with E-state index in [1.165, 1.54) is 0 Å². The molecule has 0 amide bonds. The van der Waals surface area contributed by atoms with Gasteiger partial charge in [-0.15, -0.1) is 0 Å². The van der Waals surface area contributed by atoms with Crippen molar-refractivity contribution in [1.82, 2.24) is 0 Å². The van der Waals surface area contributed by atoms with Crippen LogP contribution >= 0.6 is 11.6 Å². The molecule has 1 nitrogen and oxygen atoms in total. The summed E-state index contributed by atoms with van der Waals surface area (Å²) in [6, 6.07) is 6.19. The van der Waals surface area contributed by atoms with Gasteiger partial charge in [0, 0.05) is 5.02 Å². The molecule has 1 rings (SSSR count). The number of nitriles is 1. The molecule has 1 aromatic carbocycles. The van der Waals surface area contributed by atoms with Gasteiger partial charge in [-0.25, -0.2) is 0 Å². The largest absolute Gasteiger partial charge is 0.197 e. The predicted molar refractivity (Wildman–Crippen MR) is 59.6 cm³/mol. The fraction of sp³-hybridized carbons (Fsp3) is 0.417. The smallest absolute Gasteiger partial charge is 0.0766 e. The third-order valence-corrected chi connectivity index (χ3v) is 3.00. The molecule has 0 saturated carbocycles. The highest BCUT2D eigenvalue weighted by Gasteiger charge is 2.20. The molecule has 0 fully saturated rings. The van der Waals surface area contributed by atoms with Crippen LogP contribution in [0.1, 0.15) is 30.5 Å². The number of rotatable bonds is 1. The molecule has 0 atom stereocenters. The van der Waals surface area contributed by atoms with Crippen molar-refractivity contribution < 1.29 is 0 Å². The second kappa shape index (κ2) is 3.63. The molecule has 0 N–H and O–H groups in total. The summed E-state index contributed by atoms with van der Waals surface area (Å²) < 4.78 is 0. The molecule has 74 valence electrons. The summed E-state index contributed by atoms with van der Waals surface area (Å²) in [6.45, 7) is 7.79. The zero-order valence-corrected chi connectivity index (χ0v) is 9.74. The van der Waals surface area contributed by atoms with Crippen LogP contribution < -0.4 is 0 Å². The van der Waals surface area contributed by atoms with Crippen LogP contribution in [-0.4, -0.2) is 0 Å². The van der Waals surface area contributed by atoms with E-state index in [1.54, 1.807) is 0 Å². The van der Waals surface area contributed by atoms with Gasteiger partial charge in [-0.05, 0) is 50.5 Å². The highest BCUT2D eigenvalue weighted by molar-refractivity contribution is 6.31. The Hall–Kier alpha value is -1.000. The minimum atomic E-state index is -0.470. The molecule has 0 aliphatic carbocycles. The van der Waals surface area contributed by atoms with Gasteiger partial charge in [-0.3, -0.25) is 0 Å². The Kier molecular flexibility index (Phi) is 2.87. The van der Waals surface area contributed by atoms with Crippen molar-refractivity contribution in [2.45, 2.75) is 33.1 Å². The molecule has 1 aromatic rings. The van der Waals surface area contributed by atoms with Gasteiger partial charge in [0.1, 0.15) is 0 Å². The van der Waals surface area contributed by atoms with Crippen molar-refractivity contribution in [3.63, 3.8) is 0 Å². The molecule has 14 heavy (non-hydrogen) atoms. The van der Waals surface area contributed by atoms with Crippen LogP contribution in [0.25, 0.3) is 0 Å². The van der Waals surface area contributed by atoms with Gasteiger partial charge < -0.3 is 0 Å². The Morgan fingerprint density at radius 2 is 1.86 bits per heavy atom. The Morgan fingerprint density at radius 3 is 2.29 bits per heavy atom. The van der Waals surface area contributed by atoms with Crippen LogP contribution in [-0.2, 0) is 5.41 Å². The van der Waals surface area contributed by atoms with E-state index in [9.17, 15) is 0 Å². The lowest BCUT2D eigenvalue weighted by molar-refractivity contribution is 0.686. The van der Waals surface area contributed by atoms with Gasteiger partial charge in [0.15, 0.2) is 0 Å². The topological polar surface area (TPSA) is 23.8 Å². The fourth-order valence-electron chi connectivity index (χ4n) is 1.24. The predicted octanol–water partition coefficient (Wildman–Crippen LogP) is 3.76. The number of halogens is 1. The van der Waals surface area contributed by atoms with Gasteiger partial charge >= 0.3 is 0 Å². The number of benzene rings is 1. The van der Waals surface area contributed by atoms with Gasteiger partial charge in [-0.1, -0.05) is 17.7 Å². The van der Waals surface area contributed by atoms with Crippen molar-refractivity contribution in [2.24, 2.45) is 0 Å². The molecular weight excluding hydrogens is 194 g/mol. The Bertz CT molecular complexity index is 376. The maximum absolute atomic E-state index is 9.01. The molecule has 0 radical (unpaired) electrons. The second-order valence-electron chi connectivity index (χ2n) is 4.14. The molecule has 2 heteroatoms. The summed E-state index contributed by atoms with van der Waals surface area (Å²) in [5, 5.41) is 9.74. The highest BCUT2D eigenvalue weighted by Crippen LogP contribution is 2.28. The standard InChI is InChI=1S/C12H14ClN/c1-8-5-10(12(3,4)7-14)6-11(13)9(8)2/h5-6H,1-4H3. The lowest BCUT2D eigenvalue weighted by Crippen LogP contribution is -2.14. The van der Waals surface area contributed by atoms with Crippen molar-refractivity contribution in [3.05, 3.63) is 33.8 Å². The summed E-state index contributed by atoms with van der Waals surface area (Å²) in [6.07, 6.45) is 0. The van der Waals surface area contributed by atoms with Crippen LogP contribution in [0.2, 0.25) is 5.02 Å². The maximum Gasteiger partial charge on any atom is 0.0766 e. The first-order valence-electron chi connectivity index (χ1n) is 4.57. The van der Waals surface area contributed by atoms with Gasteiger partial charge in [0.05, 0.1) is 11.5 Å². The zero-order chi connectivity index (χ0) is 10.9. The average Bonchev–Trinajstić information content (AvgIpc) is 2.13. The number of aryl methyl sites for hydroxylation is 1. The number of nitrogens with zero attached hydrogens (tertiary/aromatic N) is 1. The van der Waals surface area contributed by atoms with Crippen molar-refractivity contribution in [3.8, 4) is 6.07 Å². The first kappa shape index (κ1) is 11.1. The summed E-state index contributed by atoms with van der Waals surface area (Å²) in [5.74, 6) is 0. The summed E-state index contributed by atoms with van der Waals surface area (Å²) in [4.78, 5) is 0. The first-order valence-corrected chi connectivity index (χ1v) is 4.95. The number of hydrogen-bond acceptors (Lipinski definition) is 1. The Balaban J connectivity index is 3.35. The molecular formula is C12H14ClN. The monoisotopic (exact) mass is 207 g/mol. The summed E-state index contributed by atoms with van der Waals surface area (Å²) in [7, 11) is 0. The highest BCUT2D eigenvalue weighted by atomic mass is 35.5. The molecule has 0 saturated heterocycles. The van der Waals surface area contributed by atoms with Crippen LogP contribution in [0.3, 0.4) is 0 Å². The van der Waals surface area contributed by atoms with E-state index in [-0.39, 0.29) is 0 Å². The van der Waals surface area contributed by atoms with E-state index < -0.39 is 5.41 Å². The third-order valence-electron chi connectivity index (χ3n) is 2.61. The minimum Gasteiger partial charge on any atom is -0.197 e. The SMILES string of the molecule is Cc1cc(C(C)(C)C#N)cc(Cl)c1C. The Morgan fingerprint density at radius 1 is 1.29 bits per heavy atom. The van der Waals surface area contributed by atoms with Crippen molar-refractivity contribution in [1.29, 1.82) is 5.26 Å². The molecule has 0 bridgehead atoms. The molecule has 0 aliphatic rings. The van der Waals surface area contributed by atoms with Crippen LogP contribution in [0.4, 0.5) is 0 Å². The third kappa shape index (κ3) is 1.91. The lowest BCUT2D eigenvalue weighted by atomic mass is 9.85. The van der Waals surface area contributed by atoms with E-state index in [0.717, 1.165) is 21.7 Å². The number of hydrogen-bond donors (Lipinski definition) is 0. The maximum atomic E-state index is 9.01. The fourth-order valence-corrected chi connectivity index (χ4v) is 1.51. The molecule has 0 aromatic heterocycles. The summed E-state index contributed by atoms with van der Waals surface area (Å²) >= 11 is 6.07. The van der Waals surface area contributed by atoms with E-state index >= 15 is 0 Å². The van der Waals surface area contributed by atoms with E-state index in [0.29, 0.717) is 0 Å². The van der Waals surface area contributed by atoms with Crippen LogP contribution in [0, 0.1) is 25.2 Å². The van der Waals surface area contributed by atoms with Crippen LogP contribution in [0.5, 0.6) is 0 Å². The van der Waals surface area contributed by atoms with E-state index in [2.05, 4.69) is 6.07 Å². The van der Waals surface area contributed by atoms with Gasteiger partial charge in [0.2, 0.25) is 0 Å².